The van der Waals surface area contributed by atoms with Crippen molar-refractivity contribution in [3.63, 3.8) is 0 Å². The van der Waals surface area contributed by atoms with Crippen LogP contribution in [0.1, 0.15) is 73.2 Å². The molecule has 1 unspecified atom stereocenters. The van der Waals surface area contributed by atoms with Gasteiger partial charge in [-0.2, -0.15) is 0 Å². The molecule has 0 radical (unpaired) electrons. The molecule has 1 aromatic carbocycles. The minimum atomic E-state index is -1.17. The number of aromatic nitrogens is 3. The summed E-state index contributed by atoms with van der Waals surface area (Å²) in [4.78, 5) is 15.5. The van der Waals surface area contributed by atoms with Crippen LogP contribution in [0.4, 0.5) is 0 Å². The van der Waals surface area contributed by atoms with Crippen LogP contribution in [0.5, 0.6) is 0 Å². The number of benzene rings is 1. The zero-order valence-electron chi connectivity index (χ0n) is 21.3. The van der Waals surface area contributed by atoms with Gasteiger partial charge in [-0.05, 0) is 56.0 Å². The predicted octanol–water partition coefficient (Wildman–Crippen LogP) is 4.57. The number of rotatable bonds is 5. The number of hydrogen-bond acceptors (Lipinski definition) is 5. The molecule has 0 amide bonds. The molecule has 1 N–H and O–H groups in total. The second-order valence-corrected chi connectivity index (χ2v) is 11.1. The van der Waals surface area contributed by atoms with E-state index in [1.165, 1.54) is 5.56 Å². The first kappa shape index (κ1) is 23.7. The van der Waals surface area contributed by atoms with Crippen molar-refractivity contribution in [1.29, 1.82) is 0 Å². The van der Waals surface area contributed by atoms with E-state index in [0.29, 0.717) is 5.92 Å². The van der Waals surface area contributed by atoms with E-state index in [9.17, 15) is 5.11 Å². The lowest BCUT2D eigenvalue weighted by atomic mass is 9.62. The van der Waals surface area contributed by atoms with Crippen molar-refractivity contribution < 1.29 is 5.11 Å². The van der Waals surface area contributed by atoms with Gasteiger partial charge in [-0.25, -0.2) is 9.97 Å². The van der Waals surface area contributed by atoms with Gasteiger partial charge >= 0.3 is 0 Å². The van der Waals surface area contributed by atoms with E-state index in [1.54, 1.807) is 18.7 Å². The highest BCUT2D eigenvalue weighted by Crippen LogP contribution is 2.50. The Morgan fingerprint density at radius 2 is 1.74 bits per heavy atom. The van der Waals surface area contributed by atoms with E-state index in [1.807, 2.05) is 19.1 Å². The molecule has 1 atom stereocenters. The fraction of sp³-hybridized carbons (Fsp3) is 0.433. The molecule has 1 saturated carbocycles. The minimum Gasteiger partial charge on any atom is -0.380 e. The molecule has 5 rings (SSSR count). The normalized spacial score (nSPS) is 19.9. The first-order valence-corrected chi connectivity index (χ1v) is 12.4. The van der Waals surface area contributed by atoms with Crippen LogP contribution >= 0.6 is 0 Å². The first-order valence-electron chi connectivity index (χ1n) is 12.4. The maximum Gasteiger partial charge on any atom is 0.124 e. The van der Waals surface area contributed by atoms with Crippen LogP contribution in [0, 0.1) is 24.2 Å². The van der Waals surface area contributed by atoms with E-state index in [2.05, 4.69) is 83.8 Å². The van der Waals surface area contributed by atoms with Crippen molar-refractivity contribution in [3.8, 4) is 11.8 Å². The lowest BCUT2D eigenvalue weighted by molar-refractivity contribution is -0.127. The van der Waals surface area contributed by atoms with Gasteiger partial charge in [0, 0.05) is 47.7 Å². The third-order valence-corrected chi connectivity index (χ3v) is 7.75. The lowest BCUT2D eigenvalue weighted by Gasteiger charge is -2.55. The first-order chi connectivity index (χ1) is 16.7. The molecule has 1 aliphatic carbocycles. The Morgan fingerprint density at radius 1 is 1.03 bits per heavy atom. The predicted molar refractivity (Wildman–Crippen MR) is 138 cm³/mol. The van der Waals surface area contributed by atoms with Crippen LogP contribution < -0.4 is 0 Å². The molecular weight excluding hydrogens is 432 g/mol. The van der Waals surface area contributed by atoms with Crippen molar-refractivity contribution in [3.05, 3.63) is 88.8 Å². The average molecular weight is 467 g/mol. The van der Waals surface area contributed by atoms with E-state index >= 15 is 0 Å². The molecule has 2 fully saturated rings. The molecule has 5 heteroatoms. The van der Waals surface area contributed by atoms with E-state index in [4.69, 9.17) is 0 Å². The highest BCUT2D eigenvalue weighted by molar-refractivity contribution is 5.47. The minimum absolute atomic E-state index is 0.199. The fourth-order valence-corrected chi connectivity index (χ4v) is 5.53. The Bertz CT molecular complexity index is 1290. The summed E-state index contributed by atoms with van der Waals surface area (Å²) in [6, 6.07) is 12.5. The summed E-state index contributed by atoms with van der Waals surface area (Å²) in [6.07, 6.45) is 7.21. The maximum atomic E-state index is 12.4. The molecule has 2 aliphatic rings. The number of pyridine rings is 1. The summed E-state index contributed by atoms with van der Waals surface area (Å²) in [7, 11) is 2.09. The Kier molecular flexibility index (Phi) is 5.78. The monoisotopic (exact) mass is 466 g/mol. The second-order valence-electron chi connectivity index (χ2n) is 11.1. The zero-order valence-corrected chi connectivity index (χ0v) is 21.3. The molecule has 5 nitrogen and oxygen atoms in total. The van der Waals surface area contributed by atoms with Crippen LogP contribution in [0.15, 0.2) is 55.1 Å². The number of hydrogen-bond donors (Lipinski definition) is 1. The van der Waals surface area contributed by atoms with Gasteiger partial charge in [0.15, 0.2) is 0 Å². The molecular formula is C30H34N4O. The Balaban J connectivity index is 1.53. The number of nitrogens with zero attached hydrogens (tertiary/aromatic N) is 4. The lowest BCUT2D eigenvalue weighted by Crippen LogP contribution is -2.63. The van der Waals surface area contributed by atoms with Gasteiger partial charge in [0.1, 0.15) is 11.9 Å². The Hall–Kier alpha value is -3.07. The number of aryl methyl sites for hydroxylation is 1. The topological polar surface area (TPSA) is 62.1 Å². The summed E-state index contributed by atoms with van der Waals surface area (Å²) < 4.78 is 0. The standard InChI is InChI=1S/C30H34N4O/c1-21(2)24-6-8-25(9-7-24)30(35,28(4)18-34(5)19-28)26-15-23(16-31-17-26)10-11-29(12-13-29)27-14-22(3)32-20-33-27/h6-9,14-17,20-21,35H,12-13,18-19H2,1-5H3. The average Bonchev–Trinajstić information content (AvgIpc) is 3.63. The molecule has 3 heterocycles. The smallest absolute Gasteiger partial charge is 0.124 e. The van der Waals surface area contributed by atoms with Crippen LogP contribution in [0.2, 0.25) is 0 Å². The molecule has 0 bridgehead atoms. The van der Waals surface area contributed by atoms with Gasteiger partial charge in [0.25, 0.3) is 0 Å². The SMILES string of the molecule is Cc1cc(C2(C#Cc3cncc(C(O)(c4ccc(C(C)C)cc4)C4(C)CN(C)C4)c3)CC2)ncn1. The second kappa shape index (κ2) is 8.55. The maximum absolute atomic E-state index is 12.4. The van der Waals surface area contributed by atoms with Gasteiger partial charge < -0.3 is 10.0 Å². The van der Waals surface area contributed by atoms with E-state index < -0.39 is 5.60 Å². The molecule has 3 aromatic rings. The van der Waals surface area contributed by atoms with Crippen LogP contribution in [-0.4, -0.2) is 45.1 Å². The highest BCUT2D eigenvalue weighted by Gasteiger charge is 2.55. The van der Waals surface area contributed by atoms with Crippen molar-refractivity contribution in [2.24, 2.45) is 5.41 Å². The van der Waals surface area contributed by atoms with Crippen molar-refractivity contribution in [2.75, 3.05) is 20.1 Å². The van der Waals surface area contributed by atoms with Gasteiger partial charge in [0.05, 0.1) is 11.1 Å². The van der Waals surface area contributed by atoms with Crippen LogP contribution in [0.25, 0.3) is 0 Å². The number of likely N-dealkylation sites (tertiary alicyclic amines) is 1. The molecule has 1 aliphatic heterocycles. The Morgan fingerprint density at radius 3 is 2.34 bits per heavy atom. The molecule has 180 valence electrons. The largest absolute Gasteiger partial charge is 0.380 e. The molecule has 2 aromatic heterocycles. The zero-order chi connectivity index (χ0) is 24.8. The van der Waals surface area contributed by atoms with E-state index in [0.717, 1.165) is 54.0 Å². The number of aliphatic hydroxyl groups is 1. The summed E-state index contributed by atoms with van der Waals surface area (Å²) in [5.74, 6) is 7.27. The van der Waals surface area contributed by atoms with Crippen molar-refractivity contribution >= 4 is 0 Å². The molecule has 0 spiro atoms. The Labute approximate surface area is 208 Å². The van der Waals surface area contributed by atoms with Gasteiger partial charge in [-0.15, -0.1) is 0 Å². The van der Waals surface area contributed by atoms with Gasteiger partial charge in [-0.3, -0.25) is 4.98 Å². The van der Waals surface area contributed by atoms with E-state index in [-0.39, 0.29) is 10.8 Å². The summed E-state index contributed by atoms with van der Waals surface area (Å²) in [6.45, 7) is 10.1. The fourth-order valence-electron chi connectivity index (χ4n) is 5.53. The van der Waals surface area contributed by atoms with Gasteiger partial charge in [0.2, 0.25) is 0 Å². The van der Waals surface area contributed by atoms with Crippen LogP contribution in [-0.2, 0) is 11.0 Å². The molecule has 35 heavy (non-hydrogen) atoms. The summed E-state index contributed by atoms with van der Waals surface area (Å²) in [5.41, 5.74) is 4.03. The third kappa shape index (κ3) is 4.16. The highest BCUT2D eigenvalue weighted by atomic mass is 16.3. The third-order valence-electron chi connectivity index (χ3n) is 7.75. The van der Waals surface area contributed by atoms with Gasteiger partial charge in [-0.1, -0.05) is 56.9 Å². The summed E-state index contributed by atoms with van der Waals surface area (Å²) in [5, 5.41) is 12.4. The van der Waals surface area contributed by atoms with Crippen LogP contribution in [0.3, 0.4) is 0 Å². The quantitative estimate of drug-likeness (QED) is 0.558. The van der Waals surface area contributed by atoms with Crippen molar-refractivity contribution in [1.82, 2.24) is 19.9 Å². The molecule has 1 saturated heterocycles. The summed E-state index contributed by atoms with van der Waals surface area (Å²) >= 11 is 0. The van der Waals surface area contributed by atoms with Crippen molar-refractivity contribution in [2.45, 2.75) is 57.5 Å².